The molecular formula is C14H18BrFN2S. The molecule has 0 saturated heterocycles. The summed E-state index contributed by atoms with van der Waals surface area (Å²) in [5.41, 5.74) is 1.06. The Morgan fingerprint density at radius 1 is 1.42 bits per heavy atom. The lowest BCUT2D eigenvalue weighted by molar-refractivity contribution is 0.318. The number of thioether (sulfide) groups is 1. The molecule has 0 aliphatic carbocycles. The van der Waals surface area contributed by atoms with E-state index in [2.05, 4.69) is 40.1 Å². The number of hydrogen-bond acceptors (Lipinski definition) is 3. The SMILES string of the molecule is CCC1(CC)CN=C(Nc2cc(F)ccc2Br)SC1. The van der Waals surface area contributed by atoms with Crippen molar-refractivity contribution in [3.05, 3.63) is 28.5 Å². The number of halogens is 2. The lowest BCUT2D eigenvalue weighted by Crippen LogP contribution is -2.32. The van der Waals surface area contributed by atoms with Gasteiger partial charge in [-0.25, -0.2) is 4.39 Å². The largest absolute Gasteiger partial charge is 0.334 e. The molecule has 0 fully saturated rings. The van der Waals surface area contributed by atoms with Crippen molar-refractivity contribution in [3.63, 3.8) is 0 Å². The molecule has 0 atom stereocenters. The highest BCUT2D eigenvalue weighted by molar-refractivity contribution is 9.10. The summed E-state index contributed by atoms with van der Waals surface area (Å²) in [6.45, 7) is 5.30. The Morgan fingerprint density at radius 2 is 2.16 bits per heavy atom. The van der Waals surface area contributed by atoms with E-state index in [4.69, 9.17) is 0 Å². The van der Waals surface area contributed by atoms with E-state index in [0.29, 0.717) is 5.41 Å². The zero-order chi connectivity index (χ0) is 13.9. The molecule has 0 radical (unpaired) electrons. The van der Waals surface area contributed by atoms with E-state index in [9.17, 15) is 4.39 Å². The van der Waals surface area contributed by atoms with Crippen LogP contribution in [0.3, 0.4) is 0 Å². The summed E-state index contributed by atoms with van der Waals surface area (Å²) in [6.07, 6.45) is 2.30. The van der Waals surface area contributed by atoms with Crippen molar-refractivity contribution in [3.8, 4) is 0 Å². The number of anilines is 1. The van der Waals surface area contributed by atoms with E-state index >= 15 is 0 Å². The molecule has 2 rings (SSSR count). The monoisotopic (exact) mass is 344 g/mol. The van der Waals surface area contributed by atoms with Crippen LogP contribution in [0, 0.1) is 11.2 Å². The summed E-state index contributed by atoms with van der Waals surface area (Å²) >= 11 is 5.14. The molecule has 1 aliphatic heterocycles. The molecule has 1 N–H and O–H groups in total. The van der Waals surface area contributed by atoms with Crippen molar-refractivity contribution in [1.82, 2.24) is 0 Å². The molecule has 0 unspecified atom stereocenters. The Labute approximate surface area is 126 Å². The van der Waals surface area contributed by atoms with Crippen LogP contribution < -0.4 is 5.32 Å². The number of nitrogens with zero attached hydrogens (tertiary/aromatic N) is 1. The van der Waals surface area contributed by atoms with Crippen molar-refractivity contribution in [2.75, 3.05) is 17.6 Å². The standard InChI is InChI=1S/C14H18BrFN2S/c1-3-14(4-2)8-17-13(19-9-14)18-12-7-10(16)5-6-11(12)15/h5-7H,3-4,8-9H2,1-2H3,(H,17,18). The fourth-order valence-corrected chi connectivity index (χ4v) is 3.64. The van der Waals surface area contributed by atoms with Crippen LogP contribution in [0.2, 0.25) is 0 Å². The molecule has 1 aliphatic rings. The molecule has 1 aromatic rings. The summed E-state index contributed by atoms with van der Waals surface area (Å²) in [5.74, 6) is 0.822. The number of nitrogens with one attached hydrogen (secondary N) is 1. The fourth-order valence-electron chi connectivity index (χ4n) is 2.01. The maximum absolute atomic E-state index is 13.2. The number of aliphatic imine (C=N–C) groups is 1. The third kappa shape index (κ3) is 3.51. The van der Waals surface area contributed by atoms with Gasteiger partial charge in [0.2, 0.25) is 0 Å². The van der Waals surface area contributed by atoms with Gasteiger partial charge < -0.3 is 5.32 Å². The van der Waals surface area contributed by atoms with Gasteiger partial charge in [0, 0.05) is 16.8 Å². The molecular weight excluding hydrogens is 327 g/mol. The van der Waals surface area contributed by atoms with Gasteiger partial charge in [-0.05, 0) is 52.4 Å². The third-order valence-electron chi connectivity index (χ3n) is 3.74. The summed E-state index contributed by atoms with van der Waals surface area (Å²) in [7, 11) is 0. The predicted molar refractivity (Wildman–Crippen MR) is 85.5 cm³/mol. The van der Waals surface area contributed by atoms with E-state index in [1.54, 1.807) is 17.8 Å². The highest BCUT2D eigenvalue weighted by Crippen LogP contribution is 2.36. The van der Waals surface area contributed by atoms with Crippen LogP contribution in [-0.2, 0) is 0 Å². The van der Waals surface area contributed by atoms with Gasteiger partial charge in [0.25, 0.3) is 0 Å². The highest BCUT2D eigenvalue weighted by Gasteiger charge is 2.30. The Balaban J connectivity index is 2.09. The van der Waals surface area contributed by atoms with E-state index in [1.165, 1.54) is 12.1 Å². The minimum Gasteiger partial charge on any atom is -0.334 e. The van der Waals surface area contributed by atoms with Crippen molar-refractivity contribution in [2.24, 2.45) is 10.4 Å². The Kier molecular flexibility index (Phi) is 4.90. The third-order valence-corrected chi connectivity index (χ3v) is 5.70. The van der Waals surface area contributed by atoms with Gasteiger partial charge in [0.15, 0.2) is 5.17 Å². The first kappa shape index (κ1) is 14.9. The molecule has 0 bridgehead atoms. The highest BCUT2D eigenvalue weighted by atomic mass is 79.9. The minimum atomic E-state index is -0.247. The average molecular weight is 345 g/mol. The Bertz CT molecular complexity index is 486. The van der Waals surface area contributed by atoms with Crippen LogP contribution in [-0.4, -0.2) is 17.5 Å². The first-order chi connectivity index (χ1) is 9.08. The summed E-state index contributed by atoms with van der Waals surface area (Å²) < 4.78 is 14.1. The fraction of sp³-hybridized carbons (Fsp3) is 0.500. The molecule has 5 heteroatoms. The molecule has 0 spiro atoms. The minimum absolute atomic E-state index is 0.247. The second kappa shape index (κ2) is 6.27. The number of hydrogen-bond donors (Lipinski definition) is 1. The summed E-state index contributed by atoms with van der Waals surface area (Å²) in [5, 5.41) is 4.08. The quantitative estimate of drug-likeness (QED) is 0.842. The number of benzene rings is 1. The second-order valence-corrected chi connectivity index (χ2v) is 6.68. The molecule has 0 amide bonds. The average Bonchev–Trinajstić information content (AvgIpc) is 2.44. The zero-order valence-electron chi connectivity index (χ0n) is 11.2. The maximum Gasteiger partial charge on any atom is 0.161 e. The summed E-state index contributed by atoms with van der Waals surface area (Å²) in [4.78, 5) is 4.62. The Morgan fingerprint density at radius 3 is 2.74 bits per heavy atom. The molecule has 19 heavy (non-hydrogen) atoms. The normalized spacial score (nSPS) is 18.0. The first-order valence-corrected chi connectivity index (χ1v) is 8.26. The van der Waals surface area contributed by atoms with Crippen molar-refractivity contribution >= 4 is 38.5 Å². The van der Waals surface area contributed by atoms with Crippen LogP contribution >= 0.6 is 27.7 Å². The first-order valence-electron chi connectivity index (χ1n) is 6.48. The second-order valence-electron chi connectivity index (χ2n) is 4.87. The van der Waals surface area contributed by atoms with Crippen LogP contribution in [0.15, 0.2) is 27.7 Å². The number of rotatable bonds is 3. The zero-order valence-corrected chi connectivity index (χ0v) is 13.6. The van der Waals surface area contributed by atoms with Crippen molar-refractivity contribution in [1.29, 1.82) is 0 Å². The van der Waals surface area contributed by atoms with Crippen molar-refractivity contribution < 1.29 is 4.39 Å². The lowest BCUT2D eigenvalue weighted by Gasteiger charge is -2.33. The van der Waals surface area contributed by atoms with Crippen LogP contribution in [0.25, 0.3) is 0 Å². The van der Waals surface area contributed by atoms with E-state index in [-0.39, 0.29) is 5.82 Å². The molecule has 1 heterocycles. The van der Waals surface area contributed by atoms with Crippen molar-refractivity contribution in [2.45, 2.75) is 26.7 Å². The van der Waals surface area contributed by atoms with Gasteiger partial charge in [-0.1, -0.05) is 25.6 Å². The number of amidine groups is 1. The maximum atomic E-state index is 13.2. The van der Waals surface area contributed by atoms with Crippen LogP contribution in [0.5, 0.6) is 0 Å². The smallest absolute Gasteiger partial charge is 0.161 e. The predicted octanol–water partition coefficient (Wildman–Crippen LogP) is 4.91. The summed E-state index contributed by atoms with van der Waals surface area (Å²) in [6, 6.07) is 4.62. The van der Waals surface area contributed by atoms with Gasteiger partial charge in [-0.2, -0.15) is 0 Å². The molecule has 2 nitrogen and oxygen atoms in total. The lowest BCUT2D eigenvalue weighted by atomic mass is 9.84. The van der Waals surface area contributed by atoms with Gasteiger partial charge in [0.05, 0.1) is 5.69 Å². The van der Waals surface area contributed by atoms with Crippen LogP contribution in [0.1, 0.15) is 26.7 Å². The molecule has 104 valence electrons. The molecule has 1 aromatic carbocycles. The topological polar surface area (TPSA) is 24.4 Å². The van der Waals surface area contributed by atoms with Crippen LogP contribution in [0.4, 0.5) is 10.1 Å². The Hall–Kier alpha value is -0.550. The van der Waals surface area contributed by atoms with Gasteiger partial charge in [0.1, 0.15) is 5.82 Å². The van der Waals surface area contributed by atoms with Gasteiger partial charge in [-0.15, -0.1) is 0 Å². The van der Waals surface area contributed by atoms with Gasteiger partial charge >= 0.3 is 0 Å². The molecule has 0 aromatic heterocycles. The van der Waals surface area contributed by atoms with E-state index < -0.39 is 0 Å². The van der Waals surface area contributed by atoms with E-state index in [1.807, 2.05) is 0 Å². The molecule has 0 saturated carbocycles. The van der Waals surface area contributed by atoms with E-state index in [0.717, 1.165) is 40.5 Å². The van der Waals surface area contributed by atoms with Gasteiger partial charge in [-0.3, -0.25) is 4.99 Å².